The van der Waals surface area contributed by atoms with E-state index in [1.54, 1.807) is 0 Å². The first-order chi connectivity index (χ1) is 8.16. The van der Waals surface area contributed by atoms with Crippen LogP contribution in [0.25, 0.3) is 0 Å². The molecule has 6 heteroatoms. The number of piperidine rings is 1. The first kappa shape index (κ1) is 12.2. The Morgan fingerprint density at radius 2 is 2.41 bits per heavy atom. The summed E-state index contributed by atoms with van der Waals surface area (Å²) >= 11 is 1.47. The Kier molecular flexibility index (Phi) is 3.88. The van der Waals surface area contributed by atoms with E-state index in [4.69, 9.17) is 0 Å². The topological polar surface area (TPSA) is 78.4 Å². The number of thiophene rings is 1. The van der Waals surface area contributed by atoms with Gasteiger partial charge in [-0.2, -0.15) is 0 Å². The molecule has 2 heterocycles. The lowest BCUT2D eigenvalue weighted by Crippen LogP contribution is -2.51. The number of hydrogen-bond donors (Lipinski definition) is 3. The number of hydrogen-bond acceptors (Lipinski definition) is 5. The summed E-state index contributed by atoms with van der Waals surface area (Å²) in [7, 11) is 0. The molecule has 2 amide bonds. The molecule has 0 radical (unpaired) electrons. The van der Waals surface area contributed by atoms with Crippen LogP contribution in [0.15, 0.2) is 17.5 Å². The summed E-state index contributed by atoms with van der Waals surface area (Å²) in [5.74, 6) is -0.536. The summed E-state index contributed by atoms with van der Waals surface area (Å²) in [5.41, 5.74) is 0. The van der Waals surface area contributed by atoms with Gasteiger partial charge in [-0.15, -0.1) is 11.3 Å². The summed E-state index contributed by atoms with van der Waals surface area (Å²) in [5, 5.41) is 17.0. The Bertz CT molecular complexity index is 405. The second-order valence-electron chi connectivity index (χ2n) is 3.94. The van der Waals surface area contributed by atoms with Crippen molar-refractivity contribution in [3.63, 3.8) is 0 Å². The minimum Gasteiger partial charge on any atom is -0.386 e. The first-order valence-corrected chi connectivity index (χ1v) is 6.33. The third-order valence-electron chi connectivity index (χ3n) is 2.67. The lowest BCUT2D eigenvalue weighted by molar-refractivity contribution is -0.134. The normalized spacial score (nSPS) is 22.3. The van der Waals surface area contributed by atoms with E-state index >= 15 is 0 Å². The van der Waals surface area contributed by atoms with Crippen LogP contribution in [0.1, 0.15) is 23.8 Å². The van der Waals surface area contributed by atoms with Crippen molar-refractivity contribution in [3.05, 3.63) is 22.4 Å². The van der Waals surface area contributed by atoms with Crippen molar-refractivity contribution in [2.45, 2.75) is 25.0 Å². The van der Waals surface area contributed by atoms with Gasteiger partial charge in [-0.25, -0.2) is 0 Å². The molecular formula is C11H14N2O3S. The monoisotopic (exact) mass is 254 g/mol. The van der Waals surface area contributed by atoms with Crippen LogP contribution in [-0.4, -0.2) is 29.5 Å². The Morgan fingerprint density at radius 1 is 1.59 bits per heavy atom. The van der Waals surface area contributed by atoms with Crippen molar-refractivity contribution in [3.8, 4) is 0 Å². The van der Waals surface area contributed by atoms with Crippen LogP contribution in [0.2, 0.25) is 0 Å². The highest BCUT2D eigenvalue weighted by atomic mass is 32.1. The van der Waals surface area contributed by atoms with Gasteiger partial charge in [0.05, 0.1) is 6.04 Å². The van der Waals surface area contributed by atoms with Crippen LogP contribution in [0.3, 0.4) is 0 Å². The van der Waals surface area contributed by atoms with Gasteiger partial charge >= 0.3 is 0 Å². The third-order valence-corrected chi connectivity index (χ3v) is 3.64. The zero-order chi connectivity index (χ0) is 12.3. The van der Waals surface area contributed by atoms with Crippen molar-refractivity contribution in [1.82, 2.24) is 10.6 Å². The summed E-state index contributed by atoms with van der Waals surface area (Å²) < 4.78 is 0. The molecule has 5 nitrogen and oxygen atoms in total. The minimum absolute atomic E-state index is 0.230. The molecule has 2 rings (SSSR count). The highest BCUT2D eigenvalue weighted by molar-refractivity contribution is 7.10. The van der Waals surface area contributed by atoms with Gasteiger partial charge in [-0.3, -0.25) is 14.9 Å². The smallest absolute Gasteiger partial charge is 0.243 e. The number of rotatable bonds is 4. The highest BCUT2D eigenvalue weighted by Crippen LogP contribution is 2.18. The Hall–Kier alpha value is -1.24. The fourth-order valence-electron chi connectivity index (χ4n) is 1.72. The van der Waals surface area contributed by atoms with E-state index < -0.39 is 6.10 Å². The van der Waals surface area contributed by atoms with Crippen molar-refractivity contribution < 1.29 is 14.7 Å². The summed E-state index contributed by atoms with van der Waals surface area (Å²) in [4.78, 5) is 23.2. The molecule has 1 aliphatic heterocycles. The molecule has 0 aliphatic carbocycles. The van der Waals surface area contributed by atoms with E-state index in [0.29, 0.717) is 19.4 Å². The first-order valence-electron chi connectivity index (χ1n) is 5.45. The quantitative estimate of drug-likeness (QED) is 0.670. The number of aliphatic hydroxyl groups excluding tert-OH is 1. The molecule has 0 spiro atoms. The second kappa shape index (κ2) is 5.39. The molecule has 3 N–H and O–H groups in total. The molecule has 1 aromatic heterocycles. The third kappa shape index (κ3) is 3.12. The van der Waals surface area contributed by atoms with Crippen molar-refractivity contribution in [2.24, 2.45) is 0 Å². The van der Waals surface area contributed by atoms with E-state index in [9.17, 15) is 14.7 Å². The van der Waals surface area contributed by atoms with Gasteiger partial charge in [0, 0.05) is 17.8 Å². The van der Waals surface area contributed by atoms with E-state index in [1.807, 2.05) is 17.5 Å². The Balaban J connectivity index is 1.82. The van der Waals surface area contributed by atoms with E-state index in [0.717, 1.165) is 4.88 Å². The van der Waals surface area contributed by atoms with Crippen LogP contribution >= 0.6 is 11.3 Å². The molecule has 2 atom stereocenters. The number of nitrogens with one attached hydrogen (secondary N) is 2. The minimum atomic E-state index is -0.611. The molecular weight excluding hydrogens is 240 g/mol. The second-order valence-corrected chi connectivity index (χ2v) is 4.92. The molecule has 1 aromatic rings. The van der Waals surface area contributed by atoms with Crippen LogP contribution in [0.5, 0.6) is 0 Å². The SMILES string of the molecule is O=C1CCC(NCC(O)c2cccs2)C(=O)N1. The molecule has 1 saturated heterocycles. The molecule has 2 unspecified atom stereocenters. The largest absolute Gasteiger partial charge is 0.386 e. The molecule has 92 valence electrons. The predicted octanol–water partition coefficient (Wildman–Crippen LogP) is 0.176. The van der Waals surface area contributed by atoms with Gasteiger partial charge in [0.25, 0.3) is 0 Å². The molecule has 0 bridgehead atoms. The van der Waals surface area contributed by atoms with Crippen LogP contribution in [0, 0.1) is 0 Å². The van der Waals surface area contributed by atoms with E-state index in [1.165, 1.54) is 11.3 Å². The zero-order valence-corrected chi connectivity index (χ0v) is 10.00. The van der Waals surface area contributed by atoms with Gasteiger partial charge in [0.1, 0.15) is 6.10 Å². The van der Waals surface area contributed by atoms with Gasteiger partial charge in [-0.1, -0.05) is 6.07 Å². The lowest BCUT2D eigenvalue weighted by Gasteiger charge is -2.22. The Morgan fingerprint density at radius 3 is 3.06 bits per heavy atom. The predicted molar refractivity (Wildman–Crippen MR) is 63.5 cm³/mol. The van der Waals surface area contributed by atoms with Crippen LogP contribution in [-0.2, 0) is 9.59 Å². The van der Waals surface area contributed by atoms with Gasteiger partial charge in [0.2, 0.25) is 11.8 Å². The Labute approximate surface area is 103 Å². The lowest BCUT2D eigenvalue weighted by atomic mass is 10.1. The maximum absolute atomic E-state index is 11.4. The standard InChI is InChI=1S/C11H14N2O3S/c14-8(9-2-1-5-17-9)6-12-7-3-4-10(15)13-11(7)16/h1-2,5,7-8,12,14H,3-4,6H2,(H,13,15,16). The molecule has 17 heavy (non-hydrogen) atoms. The molecule has 1 fully saturated rings. The average Bonchev–Trinajstić information content (AvgIpc) is 2.81. The van der Waals surface area contributed by atoms with Crippen molar-refractivity contribution >= 4 is 23.2 Å². The molecule has 1 aliphatic rings. The highest BCUT2D eigenvalue weighted by Gasteiger charge is 2.26. The average molecular weight is 254 g/mol. The molecule has 0 saturated carbocycles. The maximum atomic E-state index is 11.4. The fourth-order valence-corrected chi connectivity index (χ4v) is 2.44. The maximum Gasteiger partial charge on any atom is 0.243 e. The number of imide groups is 1. The van der Waals surface area contributed by atoms with Gasteiger partial charge in [0.15, 0.2) is 0 Å². The number of carbonyl (C=O) groups is 2. The van der Waals surface area contributed by atoms with Crippen LogP contribution in [0.4, 0.5) is 0 Å². The summed E-state index contributed by atoms with van der Waals surface area (Å²) in [6.45, 7) is 0.312. The number of carbonyl (C=O) groups excluding carboxylic acids is 2. The van der Waals surface area contributed by atoms with E-state index in [2.05, 4.69) is 10.6 Å². The van der Waals surface area contributed by atoms with Crippen molar-refractivity contribution in [1.29, 1.82) is 0 Å². The number of aliphatic hydroxyl groups is 1. The summed E-state index contributed by atoms with van der Waals surface area (Å²) in [6.07, 6.45) is 0.223. The van der Waals surface area contributed by atoms with Crippen LogP contribution < -0.4 is 10.6 Å². The summed E-state index contributed by atoms with van der Waals surface area (Å²) in [6, 6.07) is 3.33. The van der Waals surface area contributed by atoms with E-state index in [-0.39, 0.29) is 17.9 Å². The van der Waals surface area contributed by atoms with Gasteiger partial charge in [-0.05, 0) is 17.9 Å². The van der Waals surface area contributed by atoms with Crippen molar-refractivity contribution in [2.75, 3.05) is 6.54 Å². The molecule has 0 aromatic carbocycles. The number of amides is 2. The fraction of sp³-hybridized carbons (Fsp3) is 0.455. The van der Waals surface area contributed by atoms with Gasteiger partial charge < -0.3 is 10.4 Å². The zero-order valence-electron chi connectivity index (χ0n) is 9.18.